The van der Waals surface area contributed by atoms with E-state index >= 15 is 0 Å². The molecule has 8 nitrogen and oxygen atoms in total. The highest BCUT2D eigenvalue weighted by Gasteiger charge is 2.52. The van der Waals surface area contributed by atoms with Crippen LogP contribution in [0, 0.1) is 6.92 Å². The number of likely N-dealkylation sites (N-methyl/N-ethyl adjacent to an activating group) is 2. The van der Waals surface area contributed by atoms with Crippen molar-refractivity contribution in [3.05, 3.63) is 11.9 Å². The number of aryl methyl sites for hydroxylation is 1. The van der Waals surface area contributed by atoms with Crippen molar-refractivity contribution in [2.24, 2.45) is 4.99 Å². The Bertz CT molecular complexity index is 718. The van der Waals surface area contributed by atoms with Gasteiger partial charge >= 0.3 is 12.0 Å². The molecule has 1 fully saturated rings. The van der Waals surface area contributed by atoms with E-state index in [9.17, 15) is 14.4 Å². The van der Waals surface area contributed by atoms with Crippen LogP contribution in [-0.2, 0) is 16.1 Å². The van der Waals surface area contributed by atoms with Gasteiger partial charge in [0, 0.05) is 14.1 Å². The summed E-state index contributed by atoms with van der Waals surface area (Å²) in [5.74, 6) is 0.599. The normalized spacial score (nSPS) is 20.6. The van der Waals surface area contributed by atoms with E-state index < -0.39 is 12.1 Å². The second kappa shape index (κ2) is 4.24. The molecule has 21 heavy (non-hydrogen) atoms. The SMILES string of the molecule is CC(=O)Cn1c(C)c[n+]2c1N=C1C2C(=O)N(C)C(=O)N1C. The number of hydrogen-bond acceptors (Lipinski definition) is 4. The van der Waals surface area contributed by atoms with E-state index in [-0.39, 0.29) is 18.2 Å². The van der Waals surface area contributed by atoms with Crippen LogP contribution in [0.4, 0.5) is 10.7 Å². The van der Waals surface area contributed by atoms with E-state index in [0.29, 0.717) is 11.8 Å². The number of aliphatic imine (C=N–C) groups is 1. The molecule has 3 heterocycles. The smallest absolute Gasteiger partial charge is 0.296 e. The fourth-order valence-corrected chi connectivity index (χ4v) is 2.73. The summed E-state index contributed by atoms with van der Waals surface area (Å²) in [6.45, 7) is 3.55. The molecule has 0 N–H and O–H groups in total. The van der Waals surface area contributed by atoms with Gasteiger partial charge in [-0.25, -0.2) is 13.9 Å². The first-order chi connectivity index (χ1) is 9.82. The predicted molar refractivity (Wildman–Crippen MR) is 72.1 cm³/mol. The van der Waals surface area contributed by atoms with Crippen LogP contribution in [0.15, 0.2) is 11.2 Å². The number of amides is 3. The Labute approximate surface area is 121 Å². The van der Waals surface area contributed by atoms with E-state index in [4.69, 9.17) is 0 Å². The number of imidazole rings is 1. The molecule has 1 atom stereocenters. The molecule has 3 rings (SSSR count). The molecule has 8 heteroatoms. The van der Waals surface area contributed by atoms with Gasteiger partial charge in [0.1, 0.15) is 18.4 Å². The zero-order chi connectivity index (χ0) is 15.5. The Hall–Kier alpha value is -2.51. The molecule has 1 saturated heterocycles. The third-order valence-corrected chi connectivity index (χ3v) is 3.82. The standard InChI is InChI=1S/C13H16N5O3/c1-7-5-18-9-10(14-12(18)17(7)6-8(2)19)15(3)13(21)16(4)11(9)20/h5,9H,6H2,1-4H3/q+1. The Morgan fingerprint density at radius 3 is 2.62 bits per heavy atom. The van der Waals surface area contributed by atoms with Gasteiger partial charge < -0.3 is 0 Å². The minimum Gasteiger partial charge on any atom is -0.296 e. The average Bonchev–Trinajstić information content (AvgIpc) is 2.91. The van der Waals surface area contributed by atoms with Crippen LogP contribution in [0.1, 0.15) is 18.7 Å². The van der Waals surface area contributed by atoms with Gasteiger partial charge in [0.2, 0.25) is 11.9 Å². The van der Waals surface area contributed by atoms with Crippen molar-refractivity contribution in [2.75, 3.05) is 14.1 Å². The second-order valence-corrected chi connectivity index (χ2v) is 5.38. The largest absolute Gasteiger partial charge is 0.402 e. The summed E-state index contributed by atoms with van der Waals surface area (Å²) in [7, 11) is 3.04. The quantitative estimate of drug-likeness (QED) is 0.706. The Kier molecular flexibility index (Phi) is 2.72. The van der Waals surface area contributed by atoms with Crippen molar-refractivity contribution in [1.29, 1.82) is 0 Å². The number of ketones is 1. The van der Waals surface area contributed by atoms with Gasteiger partial charge in [-0.05, 0) is 13.8 Å². The number of rotatable bonds is 2. The van der Waals surface area contributed by atoms with Gasteiger partial charge in [-0.2, -0.15) is 0 Å². The summed E-state index contributed by atoms with van der Waals surface area (Å²) < 4.78 is 3.47. The van der Waals surface area contributed by atoms with Gasteiger partial charge in [0.05, 0.1) is 0 Å². The summed E-state index contributed by atoms with van der Waals surface area (Å²) in [6, 6.07) is -1.05. The summed E-state index contributed by atoms with van der Waals surface area (Å²) in [4.78, 5) is 42.6. The zero-order valence-electron chi connectivity index (χ0n) is 12.3. The highest BCUT2D eigenvalue weighted by atomic mass is 16.2. The molecule has 1 unspecified atom stereocenters. The first kappa shape index (κ1) is 13.5. The maximum Gasteiger partial charge on any atom is 0.402 e. The molecule has 1 aromatic heterocycles. The van der Waals surface area contributed by atoms with E-state index in [0.717, 1.165) is 10.6 Å². The number of carbonyl (C=O) groups excluding carboxylic acids is 3. The highest BCUT2D eigenvalue weighted by Crippen LogP contribution is 2.28. The summed E-state index contributed by atoms with van der Waals surface area (Å²) >= 11 is 0. The molecule has 0 bridgehead atoms. The molecule has 0 radical (unpaired) electrons. The van der Waals surface area contributed by atoms with Crippen LogP contribution in [0.2, 0.25) is 0 Å². The minimum absolute atomic E-state index is 0.0000440. The molecular formula is C13H16N5O3+. The molecule has 0 spiro atoms. The maximum atomic E-state index is 12.4. The first-order valence-corrected chi connectivity index (χ1v) is 6.57. The Morgan fingerprint density at radius 1 is 1.33 bits per heavy atom. The van der Waals surface area contributed by atoms with Crippen molar-refractivity contribution >= 4 is 29.5 Å². The van der Waals surface area contributed by atoms with Gasteiger partial charge in [0.15, 0.2) is 5.78 Å². The predicted octanol–water partition coefficient (Wildman–Crippen LogP) is -0.218. The fourth-order valence-electron chi connectivity index (χ4n) is 2.73. The van der Waals surface area contributed by atoms with Crippen LogP contribution in [0.25, 0.3) is 0 Å². The van der Waals surface area contributed by atoms with Gasteiger partial charge in [-0.1, -0.05) is 4.99 Å². The number of urea groups is 1. The van der Waals surface area contributed by atoms with Crippen LogP contribution in [0.3, 0.4) is 0 Å². The van der Waals surface area contributed by atoms with Crippen LogP contribution < -0.4 is 4.57 Å². The minimum atomic E-state index is -0.639. The van der Waals surface area contributed by atoms with Crippen LogP contribution in [0.5, 0.6) is 0 Å². The van der Waals surface area contributed by atoms with Crippen molar-refractivity contribution in [2.45, 2.75) is 26.4 Å². The molecule has 0 aromatic carbocycles. The molecule has 2 aliphatic heterocycles. The lowest BCUT2D eigenvalue weighted by Gasteiger charge is -2.30. The van der Waals surface area contributed by atoms with Crippen molar-refractivity contribution in [3.8, 4) is 0 Å². The highest BCUT2D eigenvalue weighted by molar-refractivity contribution is 6.18. The average molecular weight is 290 g/mol. The number of nitrogens with zero attached hydrogens (tertiary/aromatic N) is 5. The second-order valence-electron chi connectivity index (χ2n) is 5.38. The lowest BCUT2D eigenvalue weighted by molar-refractivity contribution is -0.677. The van der Waals surface area contributed by atoms with Gasteiger partial charge in [-0.3, -0.25) is 19.4 Å². The number of Topliss-reactive ketones (excluding diaryl/α,β-unsaturated/α-hetero) is 1. The molecule has 2 aliphatic rings. The first-order valence-electron chi connectivity index (χ1n) is 6.57. The zero-order valence-corrected chi connectivity index (χ0v) is 12.3. The van der Waals surface area contributed by atoms with Crippen LogP contribution in [-0.4, -0.2) is 52.0 Å². The third-order valence-electron chi connectivity index (χ3n) is 3.82. The Balaban J connectivity index is 2.14. The number of fused-ring (bicyclic) bond motifs is 3. The molecular weight excluding hydrogens is 274 g/mol. The molecule has 1 aromatic rings. The number of amidine groups is 1. The lowest BCUT2D eigenvalue weighted by atomic mass is 10.2. The lowest BCUT2D eigenvalue weighted by Crippen LogP contribution is -2.61. The fraction of sp³-hybridized carbons (Fsp3) is 0.462. The molecule has 3 amide bonds. The van der Waals surface area contributed by atoms with Crippen molar-refractivity contribution in [3.63, 3.8) is 0 Å². The monoisotopic (exact) mass is 290 g/mol. The van der Waals surface area contributed by atoms with E-state index in [1.807, 2.05) is 6.92 Å². The number of hydrogen-bond donors (Lipinski definition) is 0. The molecule has 110 valence electrons. The van der Waals surface area contributed by atoms with E-state index in [1.165, 1.54) is 18.9 Å². The van der Waals surface area contributed by atoms with E-state index in [1.54, 1.807) is 22.4 Å². The summed E-state index contributed by atoms with van der Waals surface area (Å²) in [5.41, 5.74) is 0.845. The third kappa shape index (κ3) is 1.71. The number of imide groups is 1. The van der Waals surface area contributed by atoms with Gasteiger partial charge in [-0.15, -0.1) is 0 Å². The summed E-state index contributed by atoms with van der Waals surface area (Å²) in [6.07, 6.45) is 1.79. The number of aromatic nitrogens is 2. The molecule has 0 aliphatic carbocycles. The number of carbonyl (C=O) groups is 3. The Morgan fingerprint density at radius 2 is 2.00 bits per heavy atom. The topological polar surface area (TPSA) is 78.9 Å². The maximum absolute atomic E-state index is 12.4. The molecule has 0 saturated carbocycles. The van der Waals surface area contributed by atoms with Crippen LogP contribution >= 0.6 is 0 Å². The van der Waals surface area contributed by atoms with Crippen molar-refractivity contribution < 1.29 is 19.0 Å². The van der Waals surface area contributed by atoms with Gasteiger partial charge in [0.25, 0.3) is 5.91 Å². The van der Waals surface area contributed by atoms with Crippen molar-refractivity contribution in [1.82, 2.24) is 14.4 Å². The van der Waals surface area contributed by atoms with E-state index in [2.05, 4.69) is 4.99 Å². The summed E-state index contributed by atoms with van der Waals surface area (Å²) in [5, 5.41) is 0.